The molecule has 3 N–H and O–H groups in total. The third kappa shape index (κ3) is 3.02. The van der Waals surface area contributed by atoms with Gasteiger partial charge in [0.1, 0.15) is 0 Å². The first kappa shape index (κ1) is 18.7. The average Bonchev–Trinajstić information content (AvgIpc) is 3.12. The van der Waals surface area contributed by atoms with E-state index in [4.69, 9.17) is 10.8 Å². The number of hydrogen-bond donors (Lipinski definition) is 2. The normalized spacial score (nSPS) is 19.5. The molecule has 30 heavy (non-hydrogen) atoms. The minimum atomic E-state index is 0.192. The zero-order chi connectivity index (χ0) is 20.6. The molecule has 0 radical (unpaired) electrons. The van der Waals surface area contributed by atoms with E-state index < -0.39 is 0 Å². The number of nitrogens with one attached hydrogen (secondary N) is 1. The Morgan fingerprint density at radius 2 is 1.63 bits per heavy atom. The fourth-order valence-corrected chi connectivity index (χ4v) is 4.73. The highest BCUT2D eigenvalue weighted by atomic mass is 15.2. The molecule has 150 valence electrons. The number of benzene rings is 2. The molecular weight excluding hydrogens is 370 g/mol. The highest BCUT2D eigenvalue weighted by molar-refractivity contribution is 6.07. The Bertz CT molecular complexity index is 1260. The van der Waals surface area contributed by atoms with E-state index in [0.717, 1.165) is 28.5 Å². The summed E-state index contributed by atoms with van der Waals surface area (Å²) in [5.41, 5.74) is 9.72. The molecule has 5 heteroatoms. The molecular formula is C25H25N5. The molecule has 3 heterocycles. The van der Waals surface area contributed by atoms with Crippen molar-refractivity contribution < 1.29 is 0 Å². The minimum absolute atomic E-state index is 0.192. The van der Waals surface area contributed by atoms with Crippen molar-refractivity contribution in [3.63, 3.8) is 0 Å². The third-order valence-electron chi connectivity index (χ3n) is 6.38. The molecule has 2 aliphatic rings. The maximum atomic E-state index is 5.34. The number of anilines is 1. The van der Waals surface area contributed by atoms with E-state index in [2.05, 4.69) is 40.5 Å². The lowest BCUT2D eigenvalue weighted by atomic mass is 9.70. The van der Waals surface area contributed by atoms with E-state index in [1.807, 2.05) is 42.6 Å². The highest BCUT2D eigenvalue weighted by Gasteiger charge is 2.40. The van der Waals surface area contributed by atoms with E-state index in [1.54, 1.807) is 6.20 Å². The molecule has 1 saturated carbocycles. The van der Waals surface area contributed by atoms with Crippen LogP contribution in [0.2, 0.25) is 0 Å². The number of hydrazine groups is 1. The molecule has 2 aromatic heterocycles. The first-order chi connectivity index (χ1) is 14.7. The summed E-state index contributed by atoms with van der Waals surface area (Å²) >= 11 is 0. The topological polar surface area (TPSA) is 76.2 Å². The minimum Gasteiger partial charge on any atom is -0.323 e. The largest absolute Gasteiger partial charge is 0.323 e. The SMILES string of the molecule is CC12CCCCC1=Nc1c2ccc2ncccc12.NNc1cccc2ncccc12. The number of rotatable bonds is 1. The summed E-state index contributed by atoms with van der Waals surface area (Å²) in [6.45, 7) is 2.36. The van der Waals surface area contributed by atoms with E-state index in [-0.39, 0.29) is 5.41 Å². The standard InChI is InChI=1S/C16H16N2.C9H9N3/c1-16-9-3-2-6-14(16)18-15-11-5-4-10-17-13(11)8-7-12(15)16;10-12-9-5-1-4-8-7(9)3-2-6-11-8/h4-5,7-8,10H,2-3,6,9H2,1H3;1-6,12H,10H2. The fourth-order valence-electron chi connectivity index (χ4n) is 4.73. The van der Waals surface area contributed by atoms with Crippen molar-refractivity contribution in [2.24, 2.45) is 10.8 Å². The van der Waals surface area contributed by atoms with Crippen LogP contribution in [0, 0.1) is 0 Å². The number of pyridine rings is 2. The summed E-state index contributed by atoms with van der Waals surface area (Å²) in [6, 6.07) is 18.2. The molecule has 1 unspecified atom stereocenters. The van der Waals surface area contributed by atoms with Crippen LogP contribution in [0.1, 0.15) is 38.2 Å². The molecule has 1 atom stereocenters. The number of aromatic nitrogens is 2. The second kappa shape index (κ2) is 7.50. The Hall–Kier alpha value is -3.31. The summed E-state index contributed by atoms with van der Waals surface area (Å²) in [6.07, 6.45) is 8.63. The van der Waals surface area contributed by atoms with Gasteiger partial charge in [-0.2, -0.15) is 0 Å². The molecule has 6 rings (SSSR count). The Morgan fingerprint density at radius 3 is 2.43 bits per heavy atom. The Kier molecular flexibility index (Phi) is 4.68. The summed E-state index contributed by atoms with van der Waals surface area (Å²) < 4.78 is 0. The van der Waals surface area contributed by atoms with Gasteiger partial charge in [0.2, 0.25) is 0 Å². The maximum Gasteiger partial charge on any atom is 0.0764 e. The van der Waals surface area contributed by atoms with Crippen molar-refractivity contribution in [3.05, 3.63) is 72.6 Å². The van der Waals surface area contributed by atoms with Gasteiger partial charge in [0.15, 0.2) is 0 Å². The van der Waals surface area contributed by atoms with E-state index in [9.17, 15) is 0 Å². The van der Waals surface area contributed by atoms with Crippen LogP contribution in [0.15, 0.2) is 72.0 Å². The van der Waals surface area contributed by atoms with Gasteiger partial charge in [-0.15, -0.1) is 0 Å². The van der Waals surface area contributed by atoms with Gasteiger partial charge in [-0.25, -0.2) is 0 Å². The van der Waals surface area contributed by atoms with Crippen LogP contribution in [0.4, 0.5) is 11.4 Å². The Balaban J connectivity index is 0.000000140. The van der Waals surface area contributed by atoms with Gasteiger partial charge in [0.05, 0.1) is 22.4 Å². The van der Waals surface area contributed by atoms with Crippen molar-refractivity contribution in [2.45, 2.75) is 38.0 Å². The predicted octanol–water partition coefficient (Wildman–Crippen LogP) is 5.67. The molecule has 2 aromatic carbocycles. The monoisotopic (exact) mass is 395 g/mol. The number of hydrogen-bond acceptors (Lipinski definition) is 5. The van der Waals surface area contributed by atoms with Crippen LogP contribution >= 0.6 is 0 Å². The molecule has 1 aliphatic heterocycles. The molecule has 0 amide bonds. The van der Waals surface area contributed by atoms with Gasteiger partial charge < -0.3 is 5.43 Å². The van der Waals surface area contributed by atoms with E-state index in [1.165, 1.54) is 41.6 Å². The van der Waals surface area contributed by atoms with Crippen molar-refractivity contribution in [1.29, 1.82) is 0 Å². The molecule has 1 fully saturated rings. The van der Waals surface area contributed by atoms with Crippen LogP contribution in [0.25, 0.3) is 21.8 Å². The zero-order valence-electron chi connectivity index (χ0n) is 17.1. The van der Waals surface area contributed by atoms with Crippen molar-refractivity contribution in [2.75, 3.05) is 5.43 Å². The predicted molar refractivity (Wildman–Crippen MR) is 124 cm³/mol. The van der Waals surface area contributed by atoms with Crippen LogP contribution < -0.4 is 11.3 Å². The van der Waals surface area contributed by atoms with Gasteiger partial charge >= 0.3 is 0 Å². The van der Waals surface area contributed by atoms with Crippen LogP contribution in [-0.2, 0) is 5.41 Å². The van der Waals surface area contributed by atoms with Crippen LogP contribution in [0.3, 0.4) is 0 Å². The molecule has 5 nitrogen and oxygen atoms in total. The second-order valence-corrected chi connectivity index (χ2v) is 8.15. The quantitative estimate of drug-likeness (QED) is 0.321. The lowest BCUT2D eigenvalue weighted by Gasteiger charge is -2.31. The molecule has 0 bridgehead atoms. The Labute approximate surface area is 176 Å². The number of nitrogens with zero attached hydrogens (tertiary/aromatic N) is 3. The Morgan fingerprint density at radius 1 is 0.867 bits per heavy atom. The van der Waals surface area contributed by atoms with E-state index in [0.29, 0.717) is 0 Å². The number of nitrogen functional groups attached to an aromatic ring is 1. The van der Waals surface area contributed by atoms with Gasteiger partial charge in [-0.3, -0.25) is 20.8 Å². The lowest BCUT2D eigenvalue weighted by molar-refractivity contribution is 0.498. The van der Waals surface area contributed by atoms with Crippen LogP contribution in [0.5, 0.6) is 0 Å². The van der Waals surface area contributed by atoms with Gasteiger partial charge in [0, 0.05) is 34.3 Å². The highest BCUT2D eigenvalue weighted by Crippen LogP contribution is 2.49. The second-order valence-electron chi connectivity index (χ2n) is 8.15. The molecule has 0 spiro atoms. The summed E-state index contributed by atoms with van der Waals surface area (Å²) in [5.74, 6) is 5.34. The van der Waals surface area contributed by atoms with Gasteiger partial charge in [0.25, 0.3) is 0 Å². The molecule has 1 aliphatic carbocycles. The zero-order valence-corrected chi connectivity index (χ0v) is 17.1. The van der Waals surface area contributed by atoms with E-state index >= 15 is 0 Å². The van der Waals surface area contributed by atoms with Crippen molar-refractivity contribution in [1.82, 2.24) is 9.97 Å². The first-order valence-electron chi connectivity index (χ1n) is 10.5. The maximum absolute atomic E-state index is 5.34. The average molecular weight is 396 g/mol. The van der Waals surface area contributed by atoms with Crippen molar-refractivity contribution >= 4 is 38.9 Å². The van der Waals surface area contributed by atoms with Crippen molar-refractivity contribution in [3.8, 4) is 0 Å². The molecule has 0 saturated heterocycles. The summed E-state index contributed by atoms with van der Waals surface area (Å²) in [5, 5.41) is 2.25. The number of fused-ring (bicyclic) bond motifs is 6. The molecule has 4 aromatic rings. The first-order valence-corrected chi connectivity index (χ1v) is 10.5. The summed E-state index contributed by atoms with van der Waals surface area (Å²) in [4.78, 5) is 13.6. The summed E-state index contributed by atoms with van der Waals surface area (Å²) in [7, 11) is 0. The van der Waals surface area contributed by atoms with Gasteiger partial charge in [-0.1, -0.05) is 25.5 Å². The van der Waals surface area contributed by atoms with Crippen LogP contribution in [-0.4, -0.2) is 15.7 Å². The third-order valence-corrected chi connectivity index (χ3v) is 6.38. The number of nitrogens with two attached hydrogens (primary N) is 1. The van der Waals surface area contributed by atoms with Gasteiger partial charge in [-0.05, 0) is 67.3 Å². The lowest BCUT2D eigenvalue weighted by Crippen LogP contribution is -2.32. The fraction of sp³-hybridized carbons (Fsp3) is 0.240. The smallest absolute Gasteiger partial charge is 0.0764 e. The number of aliphatic imine (C=N–C) groups is 1.